The molecule has 5 heterocycles. The Morgan fingerprint density at radius 3 is 2.05 bits per heavy atom. The third-order valence-electron chi connectivity index (χ3n) is 16.1. The number of carbonyl (C=O) groups excluding carboxylic acids is 5. The van der Waals surface area contributed by atoms with Crippen molar-refractivity contribution < 1.29 is 37.5 Å². The number of rotatable bonds is 15. The van der Waals surface area contributed by atoms with Crippen LogP contribution >= 0.6 is 0 Å². The number of hydrogen-bond donors (Lipinski definition) is 3. The van der Waals surface area contributed by atoms with E-state index in [0.717, 1.165) is 63.4 Å². The molecule has 5 amide bonds. The molecule has 1 unspecified atom stereocenters. The van der Waals surface area contributed by atoms with E-state index in [1.807, 2.05) is 17.0 Å². The summed E-state index contributed by atoms with van der Waals surface area (Å²) < 4.78 is 37.0. The summed E-state index contributed by atoms with van der Waals surface area (Å²) in [4.78, 5) is 89.2. The number of H-pyrrole nitrogens is 1. The Morgan fingerprint density at radius 2 is 1.34 bits per heavy atom. The molecule has 4 aliphatic heterocycles. The van der Waals surface area contributed by atoms with Crippen LogP contribution in [0.2, 0.25) is 0 Å². The van der Waals surface area contributed by atoms with Crippen LogP contribution in [-0.2, 0) is 25.5 Å². The highest BCUT2D eigenvalue weighted by Crippen LogP contribution is 2.32. The lowest BCUT2D eigenvalue weighted by Gasteiger charge is -2.40. The lowest BCUT2D eigenvalue weighted by molar-refractivity contribution is -0.140. The highest BCUT2D eigenvalue weighted by molar-refractivity contribution is 5.98. The van der Waals surface area contributed by atoms with E-state index in [2.05, 4.69) is 25.7 Å². The number of piperazine rings is 1. The molecule has 16 nitrogen and oxygen atoms in total. The molecule has 6 fully saturated rings. The van der Waals surface area contributed by atoms with Gasteiger partial charge in [0.25, 0.3) is 17.4 Å². The van der Waals surface area contributed by atoms with Crippen LogP contribution in [0.1, 0.15) is 114 Å². The zero-order valence-corrected chi connectivity index (χ0v) is 41.5. The number of halogens is 2. The van der Waals surface area contributed by atoms with E-state index >= 15 is 8.78 Å². The number of amides is 5. The first kappa shape index (κ1) is 50.4. The van der Waals surface area contributed by atoms with Crippen molar-refractivity contribution in [3.63, 3.8) is 0 Å². The minimum atomic E-state index is -0.753. The Kier molecular flexibility index (Phi) is 15.6. The van der Waals surface area contributed by atoms with Gasteiger partial charge in [-0.15, -0.1) is 0 Å². The molecule has 0 spiro atoms. The molecule has 0 bridgehead atoms. The summed E-state index contributed by atoms with van der Waals surface area (Å²) in [5, 5.41) is 14.2. The zero-order chi connectivity index (χ0) is 50.6. The molecular formula is C55H67F2N9O7. The van der Waals surface area contributed by atoms with E-state index in [-0.39, 0.29) is 78.1 Å². The fraction of sp³-hybridized carbons (Fsp3) is 0.545. The summed E-state index contributed by atoms with van der Waals surface area (Å²) in [6.07, 6.45) is 10.1. The number of benzene rings is 3. The molecule has 2 aliphatic carbocycles. The van der Waals surface area contributed by atoms with Gasteiger partial charge in [-0.1, -0.05) is 49.6 Å². The van der Waals surface area contributed by atoms with Gasteiger partial charge in [0, 0.05) is 89.2 Å². The van der Waals surface area contributed by atoms with Gasteiger partial charge in [0.1, 0.15) is 17.7 Å². The fourth-order valence-corrected chi connectivity index (χ4v) is 11.4. The molecule has 4 aromatic rings. The van der Waals surface area contributed by atoms with Crippen molar-refractivity contribution in [1.29, 1.82) is 0 Å². The minimum Gasteiger partial charge on any atom is -0.375 e. The zero-order valence-electron chi connectivity index (χ0n) is 41.5. The molecule has 10 rings (SSSR count). The molecule has 6 aliphatic rings. The van der Waals surface area contributed by atoms with Gasteiger partial charge in [-0.05, 0) is 98.7 Å². The van der Waals surface area contributed by atoms with Crippen molar-refractivity contribution in [2.24, 2.45) is 5.92 Å². The molecule has 73 heavy (non-hydrogen) atoms. The van der Waals surface area contributed by atoms with Gasteiger partial charge in [-0.3, -0.25) is 33.7 Å². The number of nitrogens with one attached hydrogen (secondary N) is 3. The quantitative estimate of drug-likeness (QED) is 0.152. The first-order valence-corrected chi connectivity index (χ1v) is 26.5. The highest BCUT2D eigenvalue weighted by Gasteiger charge is 2.38. The first-order chi connectivity index (χ1) is 35.4. The smallest absolute Gasteiger partial charge is 0.272 e. The molecule has 1 atom stereocenters. The number of hydrogen-bond acceptors (Lipinski definition) is 10. The summed E-state index contributed by atoms with van der Waals surface area (Å²) in [6, 6.07) is 15.9. The largest absolute Gasteiger partial charge is 0.375 e. The van der Waals surface area contributed by atoms with E-state index in [1.54, 1.807) is 51.1 Å². The van der Waals surface area contributed by atoms with Crippen LogP contribution in [0.5, 0.6) is 0 Å². The molecule has 1 aromatic heterocycles. The second-order valence-electron chi connectivity index (χ2n) is 21.1. The summed E-state index contributed by atoms with van der Waals surface area (Å²) in [5.41, 5.74) is 1.69. The molecule has 3 aromatic carbocycles. The maximum absolute atomic E-state index is 15.3. The van der Waals surface area contributed by atoms with Crippen molar-refractivity contribution >= 4 is 40.3 Å². The Morgan fingerprint density at radius 1 is 0.685 bits per heavy atom. The van der Waals surface area contributed by atoms with Crippen molar-refractivity contribution in [2.45, 2.75) is 107 Å². The highest BCUT2D eigenvalue weighted by atomic mass is 19.1. The van der Waals surface area contributed by atoms with Crippen molar-refractivity contribution in [2.75, 3.05) is 78.5 Å². The second-order valence-corrected chi connectivity index (χ2v) is 21.1. The molecule has 0 radical (unpaired) electrons. The number of ether oxygens (including phenoxy) is 1. The maximum atomic E-state index is 15.3. The van der Waals surface area contributed by atoms with Gasteiger partial charge in [-0.25, -0.2) is 13.9 Å². The Labute approximate surface area is 424 Å². The molecule has 2 saturated carbocycles. The molecule has 388 valence electrons. The van der Waals surface area contributed by atoms with E-state index < -0.39 is 29.5 Å². The maximum Gasteiger partial charge on any atom is 0.272 e. The van der Waals surface area contributed by atoms with Crippen LogP contribution in [0.15, 0.2) is 65.5 Å². The van der Waals surface area contributed by atoms with Gasteiger partial charge in [0.05, 0.1) is 47.5 Å². The van der Waals surface area contributed by atoms with Crippen molar-refractivity contribution in [3.8, 4) is 0 Å². The van der Waals surface area contributed by atoms with Gasteiger partial charge in [0.2, 0.25) is 17.7 Å². The van der Waals surface area contributed by atoms with Crippen molar-refractivity contribution in [3.05, 3.63) is 111 Å². The number of carbonyl (C=O) groups is 5. The average molecular weight is 1000 g/mol. The molecule has 18 heteroatoms. The van der Waals surface area contributed by atoms with Crippen LogP contribution in [0, 0.1) is 17.6 Å². The molecular weight excluding hydrogens is 937 g/mol. The summed E-state index contributed by atoms with van der Waals surface area (Å²) >= 11 is 0. The van der Waals surface area contributed by atoms with Crippen molar-refractivity contribution in [1.82, 2.24) is 45.3 Å². The third-order valence-corrected chi connectivity index (χ3v) is 16.1. The van der Waals surface area contributed by atoms with Gasteiger partial charge in [0.15, 0.2) is 0 Å². The van der Waals surface area contributed by atoms with Gasteiger partial charge >= 0.3 is 0 Å². The second kappa shape index (κ2) is 22.6. The molecule has 3 N–H and O–H groups in total. The number of aromatic amines is 1. The Hall–Kier alpha value is -6.11. The predicted octanol–water partition coefficient (Wildman–Crippen LogP) is 4.61. The number of likely N-dealkylation sites (tertiary alicyclic amines) is 3. The minimum absolute atomic E-state index is 0.00914. The number of nitrogens with zero attached hydrogens (tertiary/aromatic N) is 6. The Bertz CT molecular complexity index is 2730. The van der Waals surface area contributed by atoms with E-state index in [9.17, 15) is 28.8 Å². The Balaban J connectivity index is 0.654. The normalized spacial score (nSPS) is 20.2. The van der Waals surface area contributed by atoms with Crippen LogP contribution in [0.4, 0.5) is 8.78 Å². The monoisotopic (exact) mass is 1000 g/mol. The number of fused-ring (bicyclic) bond motifs is 1. The lowest BCUT2D eigenvalue weighted by Crippen LogP contribution is -2.55. The van der Waals surface area contributed by atoms with E-state index in [4.69, 9.17) is 4.74 Å². The summed E-state index contributed by atoms with van der Waals surface area (Å²) in [5.74, 6) is -2.38. The standard InChI is InChI=1S/C55H67F2N9O7/c56-46-15-11-37(38-32-66(33-38)49(67)31-58-39-12-13-39)30-44(46)52(69)59-51(36-6-2-1-3-7-36)55(72)64-22-18-41(19-23-64)73-40-16-20-62(21-17-40)34-50(68)63-24-26-65(27-25-63)54(71)45-28-35(10-14-47(45)57)29-48-42-8-4-5-9-43(42)53(70)61-60-48/h4-5,8-11,14-15,28,30,36,38-41,51,58H,1-3,6-7,12-13,16-27,29,31-34H2,(H,59,69)(H,61,70). The first-order valence-electron chi connectivity index (χ1n) is 26.5. The molecule has 4 saturated heterocycles. The van der Waals surface area contributed by atoms with Crippen LogP contribution in [0.25, 0.3) is 10.8 Å². The van der Waals surface area contributed by atoms with Crippen LogP contribution in [-0.4, -0.2) is 167 Å². The topological polar surface area (TPSA) is 181 Å². The summed E-state index contributed by atoms with van der Waals surface area (Å²) in [6.45, 7) is 5.32. The summed E-state index contributed by atoms with van der Waals surface area (Å²) in [7, 11) is 0. The van der Waals surface area contributed by atoms with Crippen LogP contribution in [0.3, 0.4) is 0 Å². The van der Waals surface area contributed by atoms with E-state index in [0.29, 0.717) is 106 Å². The predicted molar refractivity (Wildman–Crippen MR) is 269 cm³/mol. The van der Waals surface area contributed by atoms with Gasteiger partial charge < -0.3 is 35.0 Å². The number of aromatic nitrogens is 2. The third kappa shape index (κ3) is 12.0. The van der Waals surface area contributed by atoms with E-state index in [1.165, 1.54) is 12.1 Å². The average Bonchev–Trinajstić information content (AvgIpc) is 4.24. The van der Waals surface area contributed by atoms with Gasteiger partial charge in [-0.2, -0.15) is 5.10 Å². The SMILES string of the molecule is O=C(NC(C(=O)N1CCC(OC2CCN(CC(=O)N3CCN(C(=O)c4cc(Cc5n[nH]c(=O)c6ccccc56)ccc4F)CC3)CC2)CC1)C1CCCCC1)c1cc(C2CN(C(=O)CNC3CC3)C2)ccc1F. The fourth-order valence-electron chi connectivity index (χ4n) is 11.4. The number of piperidine rings is 2. The van der Waals surface area contributed by atoms with Crippen LogP contribution < -0.4 is 16.2 Å². The lowest BCUT2D eigenvalue weighted by atomic mass is 9.83.